The molecule has 0 radical (unpaired) electrons. The van der Waals surface area contributed by atoms with Crippen LogP contribution in [-0.2, 0) is 11.2 Å². The van der Waals surface area contributed by atoms with Crippen LogP contribution in [0.25, 0.3) is 9.41 Å². The van der Waals surface area contributed by atoms with Crippen LogP contribution < -0.4 is 8.64 Å². The molecule has 0 aliphatic carbocycles. The molecular weight excluding hydrogens is 459 g/mol. The van der Waals surface area contributed by atoms with Crippen molar-refractivity contribution in [3.63, 3.8) is 0 Å². The molecule has 4 bridgehead atoms. The maximum absolute atomic E-state index is 13.5. The Morgan fingerprint density at radius 3 is 2.50 bits per heavy atom. The Hall–Kier alpha value is -1.86. The fourth-order valence-corrected chi connectivity index (χ4v) is 16.5. The number of benzene rings is 2. The predicted molar refractivity (Wildman–Crippen MR) is 97.9 cm³/mol. The van der Waals surface area contributed by atoms with Gasteiger partial charge in [0.15, 0.2) is 0 Å². The number of hydrogen-bond acceptors (Lipinski definition) is 3. The van der Waals surface area contributed by atoms with Crippen LogP contribution in [0.15, 0.2) is 44.6 Å². The van der Waals surface area contributed by atoms with Crippen LogP contribution in [0.5, 0.6) is 0 Å². The number of carbonyl (C=O) groups excluding carboxylic acids is 2. The molecule has 0 unspecified atom stereocenters. The van der Waals surface area contributed by atoms with E-state index < -0.39 is 33.1 Å². The average molecular weight is 469 g/mol. The second-order valence-electron chi connectivity index (χ2n) is 6.50. The molecule has 1 saturated heterocycles. The summed E-state index contributed by atoms with van der Waals surface area (Å²) in [5.41, 5.74) is 2.76. The van der Waals surface area contributed by atoms with Crippen molar-refractivity contribution in [3.05, 3.63) is 73.0 Å². The fraction of sp³-hybridized carbons (Fsp3) is 0.0526. The van der Waals surface area contributed by atoms with E-state index in [9.17, 15) is 18.4 Å². The van der Waals surface area contributed by atoms with Crippen molar-refractivity contribution in [1.82, 2.24) is 5.32 Å². The van der Waals surface area contributed by atoms with Gasteiger partial charge in [0.05, 0.1) is 0 Å². The zero-order chi connectivity index (χ0) is 18.0. The number of allylic oxidation sites excluding steroid dienone is 1. The van der Waals surface area contributed by atoms with E-state index >= 15 is 0 Å². The predicted octanol–water partition coefficient (Wildman–Crippen LogP) is 3.09. The molecule has 0 atom stereocenters. The number of nitrogens with one attached hydrogen (secondary N) is 1. The van der Waals surface area contributed by atoms with Crippen molar-refractivity contribution in [2.45, 2.75) is 6.42 Å². The second kappa shape index (κ2) is 5.82. The van der Waals surface area contributed by atoms with E-state index in [1.807, 2.05) is 12.1 Å². The Morgan fingerprint density at radius 1 is 1.08 bits per heavy atom. The SMILES string of the molecule is O=C1NC(=O)/C(=[C]2\c3ccc[c]4c3C=[C](Cc3cc(F)cc(F)c3)[In]24)S1. The molecule has 3 aliphatic heterocycles. The number of carbonyl (C=O) groups is 2. The number of rotatable bonds is 2. The van der Waals surface area contributed by atoms with Crippen LogP contribution in [0.3, 0.4) is 0 Å². The molecule has 1 fully saturated rings. The first-order valence-electron chi connectivity index (χ1n) is 8.07. The number of amides is 2. The molecule has 2 aromatic rings. The van der Waals surface area contributed by atoms with E-state index in [1.54, 1.807) is 0 Å². The van der Waals surface area contributed by atoms with Gasteiger partial charge in [-0.3, -0.25) is 0 Å². The molecule has 126 valence electrons. The standard InChI is InChI=1S/C19H10F2NO2S.In/c20-15-8-12(9-16(21)11-15)4-3-7-13-5-1-2-6-14(13)10-17-18(23)22-19(24)25-17;/h1-2,6-9,11H,4H2,(H,22,23,24);. The number of halogens is 2. The van der Waals surface area contributed by atoms with Gasteiger partial charge in [0.2, 0.25) is 0 Å². The molecule has 0 aromatic heterocycles. The minimum atomic E-state index is -2.73. The van der Waals surface area contributed by atoms with Crippen LogP contribution in [-0.4, -0.2) is 32.6 Å². The van der Waals surface area contributed by atoms with Gasteiger partial charge in [-0.15, -0.1) is 0 Å². The van der Waals surface area contributed by atoms with Gasteiger partial charge >= 0.3 is 160 Å². The number of hydrogen-bond donors (Lipinski definition) is 1. The Bertz CT molecular complexity index is 1070. The van der Waals surface area contributed by atoms with Crippen molar-refractivity contribution in [2.24, 2.45) is 0 Å². The van der Waals surface area contributed by atoms with Crippen molar-refractivity contribution >= 4 is 57.1 Å². The van der Waals surface area contributed by atoms with E-state index in [2.05, 4.69) is 17.5 Å². The fourth-order valence-electron chi connectivity index (χ4n) is 4.04. The van der Waals surface area contributed by atoms with Gasteiger partial charge in [-0.2, -0.15) is 0 Å². The summed E-state index contributed by atoms with van der Waals surface area (Å²) in [4.78, 5) is 24.4. The van der Waals surface area contributed by atoms with Crippen molar-refractivity contribution < 1.29 is 18.4 Å². The summed E-state index contributed by atoms with van der Waals surface area (Å²) in [5.74, 6) is -1.51. The summed E-state index contributed by atoms with van der Waals surface area (Å²) in [6, 6.07) is 9.62. The van der Waals surface area contributed by atoms with Gasteiger partial charge < -0.3 is 0 Å². The number of thioether (sulfide) groups is 1. The van der Waals surface area contributed by atoms with Crippen molar-refractivity contribution in [2.75, 3.05) is 0 Å². The van der Waals surface area contributed by atoms with Crippen LogP contribution >= 0.6 is 11.8 Å². The molecule has 0 spiro atoms. The zero-order valence-electron chi connectivity index (χ0n) is 13.3. The minimum absolute atomic E-state index is 0.330. The third-order valence-electron chi connectivity index (χ3n) is 4.92. The topological polar surface area (TPSA) is 46.2 Å². The van der Waals surface area contributed by atoms with Crippen molar-refractivity contribution in [1.29, 1.82) is 0 Å². The van der Waals surface area contributed by atoms with Gasteiger partial charge in [0, 0.05) is 0 Å². The Morgan fingerprint density at radius 2 is 1.85 bits per heavy atom. The Labute approximate surface area is 159 Å². The van der Waals surface area contributed by atoms with Gasteiger partial charge in [-0.05, 0) is 0 Å². The zero-order valence-corrected chi connectivity index (χ0v) is 17.4. The van der Waals surface area contributed by atoms with Crippen LogP contribution in [0.4, 0.5) is 13.6 Å². The molecule has 3 nitrogen and oxygen atoms in total. The number of imide groups is 1. The molecule has 0 saturated carbocycles. The molecule has 1 N–H and O–H groups in total. The van der Waals surface area contributed by atoms with E-state index in [0.29, 0.717) is 16.9 Å². The summed E-state index contributed by atoms with van der Waals surface area (Å²) in [6.45, 7) is 0. The average Bonchev–Trinajstić information content (AvgIpc) is 3.12. The molecule has 5 rings (SSSR count). The molecule has 3 heterocycles. The maximum atomic E-state index is 13.5. The van der Waals surface area contributed by atoms with E-state index in [-0.39, 0.29) is 11.1 Å². The van der Waals surface area contributed by atoms with E-state index in [1.165, 1.54) is 18.8 Å². The van der Waals surface area contributed by atoms with Gasteiger partial charge in [-0.1, -0.05) is 0 Å². The molecule has 7 heteroatoms. The second-order valence-corrected chi connectivity index (χ2v) is 15.5. The summed E-state index contributed by atoms with van der Waals surface area (Å²) >= 11 is -1.77. The van der Waals surface area contributed by atoms with Gasteiger partial charge in [0.25, 0.3) is 0 Å². The van der Waals surface area contributed by atoms with Crippen LogP contribution in [0.2, 0.25) is 0 Å². The molecule has 2 aromatic carbocycles. The first-order valence-corrected chi connectivity index (χ1v) is 13.8. The third kappa shape index (κ3) is 2.41. The Kier molecular flexibility index (Phi) is 3.66. The van der Waals surface area contributed by atoms with E-state index in [4.69, 9.17) is 0 Å². The van der Waals surface area contributed by atoms with Crippen LogP contribution in [0.1, 0.15) is 16.7 Å². The molecule has 3 aliphatic rings. The van der Waals surface area contributed by atoms with Crippen molar-refractivity contribution in [3.8, 4) is 0 Å². The first-order chi connectivity index (χ1) is 12.5. The Balaban J connectivity index is 1.60. The summed E-state index contributed by atoms with van der Waals surface area (Å²) in [7, 11) is 0. The third-order valence-corrected chi connectivity index (χ3v) is 16.2. The van der Waals surface area contributed by atoms with Crippen LogP contribution in [0, 0.1) is 11.6 Å². The van der Waals surface area contributed by atoms with E-state index in [0.717, 1.165) is 32.3 Å². The quantitative estimate of drug-likeness (QED) is 0.689. The monoisotopic (exact) mass is 469 g/mol. The summed E-state index contributed by atoms with van der Waals surface area (Å²) in [6.07, 6.45) is 2.60. The van der Waals surface area contributed by atoms with Gasteiger partial charge in [0.1, 0.15) is 0 Å². The normalized spacial score (nSPS) is 20.1. The summed E-state index contributed by atoms with van der Waals surface area (Å²) < 4.78 is 30.6. The van der Waals surface area contributed by atoms with Gasteiger partial charge in [-0.25, -0.2) is 0 Å². The first kappa shape index (κ1) is 16.3. The molecule has 2 amide bonds. The summed E-state index contributed by atoms with van der Waals surface area (Å²) in [5, 5.41) is 1.99. The molecule has 26 heavy (non-hydrogen) atoms. The molecular formula is C19H10F2InNO2S.